The summed E-state index contributed by atoms with van der Waals surface area (Å²) < 4.78 is 5.10. The Morgan fingerprint density at radius 1 is 1.53 bits per heavy atom. The Bertz CT molecular complexity index is 318. The van der Waals surface area contributed by atoms with Gasteiger partial charge in [-0.3, -0.25) is 0 Å². The van der Waals surface area contributed by atoms with Crippen LogP contribution in [0.3, 0.4) is 0 Å². The average Bonchev–Trinajstić information content (AvgIpc) is 2.20. The second kappa shape index (κ2) is 5.75. The number of methoxy groups -OCH3 is 1. The Morgan fingerprint density at radius 3 is 2.87 bits per heavy atom. The van der Waals surface area contributed by atoms with Gasteiger partial charge < -0.3 is 10.1 Å². The van der Waals surface area contributed by atoms with E-state index in [1.807, 2.05) is 13.8 Å². The molecule has 4 nitrogen and oxygen atoms in total. The first-order chi connectivity index (χ1) is 7.15. The van der Waals surface area contributed by atoms with Gasteiger partial charge in [-0.15, -0.1) is 11.6 Å². The van der Waals surface area contributed by atoms with E-state index in [4.69, 9.17) is 16.3 Å². The molecule has 0 fully saturated rings. The molecule has 5 heteroatoms. The summed E-state index contributed by atoms with van der Waals surface area (Å²) in [7, 11) is 1.60. The van der Waals surface area contributed by atoms with Crippen LogP contribution < -0.4 is 10.1 Å². The predicted octanol–water partition coefficient (Wildman–Crippen LogP) is 2.22. The zero-order valence-corrected chi connectivity index (χ0v) is 10.0. The van der Waals surface area contributed by atoms with Crippen LogP contribution in [0, 0.1) is 6.92 Å². The van der Waals surface area contributed by atoms with E-state index in [0.717, 1.165) is 24.3 Å². The van der Waals surface area contributed by atoms with E-state index in [-0.39, 0.29) is 5.38 Å². The fraction of sp³-hybridized carbons (Fsp3) is 0.600. The van der Waals surface area contributed by atoms with Gasteiger partial charge in [0.1, 0.15) is 12.1 Å². The Hall–Kier alpha value is -1.03. The van der Waals surface area contributed by atoms with E-state index in [1.165, 1.54) is 6.33 Å². The maximum absolute atomic E-state index is 5.84. The lowest BCUT2D eigenvalue weighted by Gasteiger charge is -2.10. The van der Waals surface area contributed by atoms with Crippen LogP contribution in [0.1, 0.15) is 18.9 Å². The molecule has 0 aliphatic rings. The first-order valence-corrected chi connectivity index (χ1v) is 5.32. The van der Waals surface area contributed by atoms with E-state index in [9.17, 15) is 0 Å². The Labute approximate surface area is 95.0 Å². The minimum Gasteiger partial charge on any atom is -0.481 e. The van der Waals surface area contributed by atoms with Crippen LogP contribution in [0.25, 0.3) is 0 Å². The van der Waals surface area contributed by atoms with Gasteiger partial charge in [0.2, 0.25) is 5.88 Å². The van der Waals surface area contributed by atoms with Crippen molar-refractivity contribution in [3.8, 4) is 5.88 Å². The number of nitrogens with one attached hydrogen (secondary N) is 1. The van der Waals surface area contributed by atoms with Crippen LogP contribution in [-0.2, 0) is 0 Å². The third kappa shape index (κ3) is 3.55. The molecule has 1 atom stereocenters. The highest BCUT2D eigenvalue weighted by molar-refractivity contribution is 6.20. The molecule has 1 aromatic heterocycles. The first kappa shape index (κ1) is 12.0. The van der Waals surface area contributed by atoms with Gasteiger partial charge in [-0.1, -0.05) is 0 Å². The number of ether oxygens (including phenoxy) is 1. The quantitative estimate of drug-likeness (QED) is 0.787. The normalized spacial score (nSPS) is 12.3. The molecular formula is C10H16ClN3O. The summed E-state index contributed by atoms with van der Waals surface area (Å²) in [5.74, 6) is 1.41. The largest absolute Gasteiger partial charge is 0.481 e. The molecular weight excluding hydrogens is 214 g/mol. The molecule has 0 saturated heterocycles. The van der Waals surface area contributed by atoms with Crippen molar-refractivity contribution in [1.82, 2.24) is 9.97 Å². The van der Waals surface area contributed by atoms with Crippen molar-refractivity contribution in [1.29, 1.82) is 0 Å². The number of rotatable bonds is 5. The molecule has 0 spiro atoms. The minimum absolute atomic E-state index is 0.168. The maximum Gasteiger partial charge on any atom is 0.221 e. The molecule has 1 aromatic rings. The monoisotopic (exact) mass is 229 g/mol. The Balaban J connectivity index is 2.61. The van der Waals surface area contributed by atoms with Gasteiger partial charge in [0.05, 0.1) is 12.7 Å². The smallest absolute Gasteiger partial charge is 0.221 e. The molecule has 0 radical (unpaired) electrons. The molecule has 0 bridgehead atoms. The number of halogens is 1. The third-order valence-electron chi connectivity index (χ3n) is 2.07. The van der Waals surface area contributed by atoms with Gasteiger partial charge in [-0.2, -0.15) is 0 Å². The van der Waals surface area contributed by atoms with Crippen LogP contribution in [-0.4, -0.2) is 29.0 Å². The molecule has 0 amide bonds. The van der Waals surface area contributed by atoms with Crippen molar-refractivity contribution in [3.63, 3.8) is 0 Å². The van der Waals surface area contributed by atoms with Crippen molar-refractivity contribution in [3.05, 3.63) is 11.9 Å². The van der Waals surface area contributed by atoms with Crippen LogP contribution in [0.15, 0.2) is 6.33 Å². The number of hydrogen-bond acceptors (Lipinski definition) is 4. The highest BCUT2D eigenvalue weighted by Crippen LogP contribution is 2.19. The summed E-state index contributed by atoms with van der Waals surface area (Å²) in [5.41, 5.74) is 0.919. The van der Waals surface area contributed by atoms with E-state index in [1.54, 1.807) is 7.11 Å². The maximum atomic E-state index is 5.84. The molecule has 0 aliphatic carbocycles. The zero-order chi connectivity index (χ0) is 11.3. The van der Waals surface area contributed by atoms with Gasteiger partial charge in [0, 0.05) is 11.9 Å². The lowest BCUT2D eigenvalue weighted by Crippen LogP contribution is -2.09. The molecule has 1 unspecified atom stereocenters. The molecule has 1 N–H and O–H groups in total. The lowest BCUT2D eigenvalue weighted by molar-refractivity contribution is 0.393. The summed E-state index contributed by atoms with van der Waals surface area (Å²) >= 11 is 5.84. The summed E-state index contributed by atoms with van der Waals surface area (Å²) in [6, 6.07) is 0. The molecule has 1 rings (SSSR count). The van der Waals surface area contributed by atoms with Gasteiger partial charge in [-0.25, -0.2) is 9.97 Å². The zero-order valence-electron chi connectivity index (χ0n) is 9.25. The fourth-order valence-corrected chi connectivity index (χ4v) is 1.32. The first-order valence-electron chi connectivity index (χ1n) is 4.88. The molecule has 15 heavy (non-hydrogen) atoms. The van der Waals surface area contributed by atoms with Crippen molar-refractivity contribution in [2.24, 2.45) is 0 Å². The average molecular weight is 230 g/mol. The van der Waals surface area contributed by atoms with Gasteiger partial charge in [-0.05, 0) is 20.3 Å². The molecule has 0 aromatic carbocycles. The van der Waals surface area contributed by atoms with Gasteiger partial charge in [0.15, 0.2) is 0 Å². The Morgan fingerprint density at radius 2 is 2.27 bits per heavy atom. The van der Waals surface area contributed by atoms with E-state index < -0.39 is 0 Å². The lowest BCUT2D eigenvalue weighted by atomic mass is 10.3. The predicted molar refractivity (Wildman–Crippen MR) is 61.7 cm³/mol. The van der Waals surface area contributed by atoms with Crippen LogP contribution in [0.4, 0.5) is 5.82 Å². The van der Waals surface area contributed by atoms with E-state index >= 15 is 0 Å². The highest BCUT2D eigenvalue weighted by Gasteiger charge is 2.06. The van der Waals surface area contributed by atoms with Gasteiger partial charge >= 0.3 is 0 Å². The summed E-state index contributed by atoms with van der Waals surface area (Å²) in [4.78, 5) is 8.14. The van der Waals surface area contributed by atoms with Crippen LogP contribution in [0.5, 0.6) is 5.88 Å². The van der Waals surface area contributed by atoms with Crippen molar-refractivity contribution >= 4 is 17.4 Å². The van der Waals surface area contributed by atoms with Crippen LogP contribution >= 0.6 is 11.6 Å². The fourth-order valence-electron chi connectivity index (χ4n) is 1.21. The number of nitrogens with zero attached hydrogens (tertiary/aromatic N) is 2. The third-order valence-corrected chi connectivity index (χ3v) is 2.28. The van der Waals surface area contributed by atoms with E-state index in [2.05, 4.69) is 15.3 Å². The standard InChI is InChI=1S/C10H16ClN3O/c1-7(11)4-5-12-9-8(2)10(15-3)14-6-13-9/h6-7H,4-5H2,1-3H3,(H,12,13,14). The molecule has 0 aliphatic heterocycles. The molecule has 0 saturated carbocycles. The number of hydrogen-bond donors (Lipinski definition) is 1. The highest BCUT2D eigenvalue weighted by atomic mass is 35.5. The topological polar surface area (TPSA) is 47.0 Å². The number of anilines is 1. The molecule has 84 valence electrons. The van der Waals surface area contributed by atoms with Crippen molar-refractivity contribution < 1.29 is 4.74 Å². The number of alkyl halides is 1. The minimum atomic E-state index is 0.168. The molecule has 1 heterocycles. The van der Waals surface area contributed by atoms with Crippen LogP contribution in [0.2, 0.25) is 0 Å². The summed E-state index contributed by atoms with van der Waals surface area (Å²) in [5, 5.41) is 3.37. The van der Waals surface area contributed by atoms with Crippen molar-refractivity contribution in [2.75, 3.05) is 19.0 Å². The summed E-state index contributed by atoms with van der Waals surface area (Å²) in [6.45, 7) is 4.69. The van der Waals surface area contributed by atoms with Crippen molar-refractivity contribution in [2.45, 2.75) is 25.6 Å². The second-order valence-corrected chi connectivity index (χ2v) is 4.10. The summed E-state index contributed by atoms with van der Waals surface area (Å²) in [6.07, 6.45) is 2.38. The van der Waals surface area contributed by atoms with Gasteiger partial charge in [0.25, 0.3) is 0 Å². The number of aromatic nitrogens is 2. The van der Waals surface area contributed by atoms with E-state index in [0.29, 0.717) is 5.88 Å². The Kier molecular flexibility index (Phi) is 4.62. The SMILES string of the molecule is COc1ncnc(NCCC(C)Cl)c1C. The second-order valence-electron chi connectivity index (χ2n) is 3.35.